The van der Waals surface area contributed by atoms with E-state index in [1.807, 2.05) is 30.3 Å². The van der Waals surface area contributed by atoms with Gasteiger partial charge in [0.15, 0.2) is 0 Å². The maximum absolute atomic E-state index is 10.4. The highest BCUT2D eigenvalue weighted by molar-refractivity contribution is 5.74. The summed E-state index contributed by atoms with van der Waals surface area (Å²) in [6.45, 7) is -0.172. The number of aliphatic carboxylic acids is 1. The third kappa shape index (κ3) is 6.89. The highest BCUT2D eigenvalue weighted by Crippen LogP contribution is 2.14. The number of rotatable bonds is 6. The fourth-order valence-corrected chi connectivity index (χ4v) is 1.94. The summed E-state index contributed by atoms with van der Waals surface area (Å²) >= 11 is 0. The number of hydrogen-bond acceptors (Lipinski definition) is 5. The van der Waals surface area contributed by atoms with E-state index in [0.717, 1.165) is 5.56 Å². The van der Waals surface area contributed by atoms with Gasteiger partial charge < -0.3 is 26.2 Å². The van der Waals surface area contributed by atoms with Gasteiger partial charge in [-0.15, -0.1) is 0 Å². The van der Waals surface area contributed by atoms with E-state index in [2.05, 4.69) is 0 Å². The minimum Gasteiger partial charge on any atom is -0.480 e. The standard InChI is InChI=1S/C9H11NO3.C9H12O2/c10-7(9(12)13)8(11)6-4-2-1-3-5-6;10-7-9(11)6-8-4-2-1-3-5-8/h1-5,7-8,11H,10H2,(H,12,13);1-5,9-11H,6-7H2. The number of carboxylic acids is 1. The number of hydrogen-bond donors (Lipinski definition) is 5. The van der Waals surface area contributed by atoms with Gasteiger partial charge in [-0.25, -0.2) is 0 Å². The molecule has 0 aliphatic rings. The second-order valence-corrected chi connectivity index (χ2v) is 5.25. The molecule has 3 atom stereocenters. The summed E-state index contributed by atoms with van der Waals surface area (Å²) in [7, 11) is 0. The minimum atomic E-state index is -1.28. The Balaban J connectivity index is 0.000000243. The minimum absolute atomic E-state index is 0.172. The Hall–Kier alpha value is -2.25. The van der Waals surface area contributed by atoms with Gasteiger partial charge in [-0.2, -0.15) is 0 Å². The first-order chi connectivity index (χ1) is 11.5. The van der Waals surface area contributed by atoms with E-state index in [-0.39, 0.29) is 6.61 Å². The van der Waals surface area contributed by atoms with Crippen molar-refractivity contribution >= 4 is 5.97 Å². The molecule has 0 heterocycles. The molecule has 0 fully saturated rings. The first kappa shape index (κ1) is 19.8. The lowest BCUT2D eigenvalue weighted by Gasteiger charge is -2.14. The van der Waals surface area contributed by atoms with Crippen molar-refractivity contribution in [3.63, 3.8) is 0 Å². The molecule has 0 radical (unpaired) electrons. The monoisotopic (exact) mass is 333 g/mol. The predicted octanol–water partition coefficient (Wildman–Crippen LogP) is 0.714. The molecule has 0 saturated carbocycles. The molecule has 0 aliphatic heterocycles. The summed E-state index contributed by atoms with van der Waals surface area (Å²) in [5, 5.41) is 35.6. The van der Waals surface area contributed by atoms with Crippen LogP contribution in [0.2, 0.25) is 0 Å². The van der Waals surface area contributed by atoms with Crippen LogP contribution < -0.4 is 5.73 Å². The molecule has 130 valence electrons. The lowest BCUT2D eigenvalue weighted by atomic mass is 10.0. The summed E-state index contributed by atoms with van der Waals surface area (Å²) in [6.07, 6.45) is -1.26. The zero-order chi connectivity index (χ0) is 17.9. The van der Waals surface area contributed by atoms with E-state index in [9.17, 15) is 9.90 Å². The van der Waals surface area contributed by atoms with Crippen molar-refractivity contribution in [1.82, 2.24) is 0 Å². The molecule has 2 aromatic carbocycles. The van der Waals surface area contributed by atoms with Crippen LogP contribution in [0.5, 0.6) is 0 Å². The second-order valence-electron chi connectivity index (χ2n) is 5.25. The second kappa shape index (κ2) is 10.5. The number of nitrogens with two attached hydrogens (primary N) is 1. The first-order valence-corrected chi connectivity index (χ1v) is 7.50. The van der Waals surface area contributed by atoms with Crippen LogP contribution in [0, 0.1) is 0 Å². The molecule has 0 aromatic heterocycles. The molecular formula is C18H23NO5. The van der Waals surface area contributed by atoms with Crippen LogP contribution in [-0.2, 0) is 11.2 Å². The van der Waals surface area contributed by atoms with E-state index in [1.165, 1.54) is 0 Å². The first-order valence-electron chi connectivity index (χ1n) is 7.50. The number of carboxylic acid groups (broad SMARTS) is 1. The van der Waals surface area contributed by atoms with Crippen molar-refractivity contribution in [2.24, 2.45) is 5.73 Å². The summed E-state index contributed by atoms with van der Waals surface area (Å²) in [5.41, 5.74) is 6.80. The van der Waals surface area contributed by atoms with Gasteiger partial charge in [-0.1, -0.05) is 60.7 Å². The average Bonchev–Trinajstić information content (AvgIpc) is 2.62. The van der Waals surface area contributed by atoms with Crippen LogP contribution in [0.1, 0.15) is 17.2 Å². The summed E-state index contributed by atoms with van der Waals surface area (Å²) in [4.78, 5) is 10.4. The molecule has 0 saturated heterocycles. The van der Waals surface area contributed by atoms with Crippen molar-refractivity contribution in [1.29, 1.82) is 0 Å². The molecule has 24 heavy (non-hydrogen) atoms. The normalized spacial score (nSPS) is 14.0. The van der Waals surface area contributed by atoms with Gasteiger partial charge >= 0.3 is 5.97 Å². The van der Waals surface area contributed by atoms with Crippen molar-refractivity contribution in [2.75, 3.05) is 6.61 Å². The van der Waals surface area contributed by atoms with Crippen molar-refractivity contribution < 1.29 is 25.2 Å². The van der Waals surface area contributed by atoms with Crippen molar-refractivity contribution in [3.8, 4) is 0 Å². The zero-order valence-electron chi connectivity index (χ0n) is 13.2. The largest absolute Gasteiger partial charge is 0.480 e. The van der Waals surface area contributed by atoms with Crippen LogP contribution in [0.4, 0.5) is 0 Å². The quantitative estimate of drug-likeness (QED) is 0.530. The van der Waals surface area contributed by atoms with Gasteiger partial charge in [0.05, 0.1) is 12.7 Å². The number of carbonyl (C=O) groups is 1. The molecular weight excluding hydrogens is 310 g/mol. The Kier molecular flexibility index (Phi) is 8.67. The molecule has 0 aliphatic carbocycles. The van der Waals surface area contributed by atoms with E-state index >= 15 is 0 Å². The lowest BCUT2D eigenvalue weighted by molar-refractivity contribution is -0.141. The van der Waals surface area contributed by atoms with Crippen molar-refractivity contribution in [3.05, 3.63) is 71.8 Å². The smallest absolute Gasteiger partial charge is 0.323 e. The average molecular weight is 333 g/mol. The Labute approximate surface area is 140 Å². The maximum Gasteiger partial charge on any atom is 0.323 e. The zero-order valence-corrected chi connectivity index (χ0v) is 13.2. The lowest BCUT2D eigenvalue weighted by Crippen LogP contribution is -2.36. The van der Waals surface area contributed by atoms with E-state index in [4.69, 9.17) is 21.1 Å². The third-order valence-electron chi connectivity index (χ3n) is 3.29. The van der Waals surface area contributed by atoms with Gasteiger partial charge in [-0.05, 0) is 11.1 Å². The van der Waals surface area contributed by atoms with Crippen LogP contribution >= 0.6 is 0 Å². The molecule has 2 rings (SSSR count). The third-order valence-corrected chi connectivity index (χ3v) is 3.29. The predicted molar refractivity (Wildman–Crippen MR) is 90.3 cm³/mol. The van der Waals surface area contributed by atoms with Gasteiger partial charge in [0.1, 0.15) is 12.1 Å². The van der Waals surface area contributed by atoms with Crippen molar-refractivity contribution in [2.45, 2.75) is 24.7 Å². The van der Waals surface area contributed by atoms with E-state index < -0.39 is 24.2 Å². The topological polar surface area (TPSA) is 124 Å². The van der Waals surface area contributed by atoms with Gasteiger partial charge in [-0.3, -0.25) is 4.79 Å². The Morgan fingerprint density at radius 3 is 1.92 bits per heavy atom. The number of aliphatic hydroxyl groups is 3. The Bertz CT molecular complexity index is 591. The van der Waals surface area contributed by atoms with Gasteiger partial charge in [0, 0.05) is 6.42 Å². The maximum atomic E-state index is 10.4. The fourth-order valence-electron chi connectivity index (χ4n) is 1.94. The molecule has 6 heteroatoms. The van der Waals surface area contributed by atoms with Crippen LogP contribution in [0.15, 0.2) is 60.7 Å². The molecule has 2 aromatic rings. The van der Waals surface area contributed by atoms with Gasteiger partial charge in [0.25, 0.3) is 0 Å². The Morgan fingerprint density at radius 2 is 1.46 bits per heavy atom. The summed E-state index contributed by atoms with van der Waals surface area (Å²) < 4.78 is 0. The summed E-state index contributed by atoms with van der Waals surface area (Å²) in [6, 6.07) is 16.8. The van der Waals surface area contributed by atoms with Gasteiger partial charge in [0.2, 0.25) is 0 Å². The van der Waals surface area contributed by atoms with E-state index in [1.54, 1.807) is 30.3 Å². The van der Waals surface area contributed by atoms with Crippen LogP contribution in [-0.4, -0.2) is 45.1 Å². The molecule has 6 N–H and O–H groups in total. The fraction of sp³-hybridized carbons (Fsp3) is 0.278. The molecule has 0 amide bonds. The highest BCUT2D eigenvalue weighted by Gasteiger charge is 2.22. The summed E-state index contributed by atoms with van der Waals surface area (Å²) in [5.74, 6) is -1.21. The molecule has 0 bridgehead atoms. The van der Waals surface area contributed by atoms with Crippen LogP contribution in [0.3, 0.4) is 0 Å². The van der Waals surface area contributed by atoms with E-state index in [0.29, 0.717) is 12.0 Å². The SMILES string of the molecule is NC(C(=O)O)C(O)c1ccccc1.OCC(O)Cc1ccccc1. The molecule has 3 unspecified atom stereocenters. The number of benzene rings is 2. The van der Waals surface area contributed by atoms with Crippen LogP contribution in [0.25, 0.3) is 0 Å². The highest BCUT2D eigenvalue weighted by atomic mass is 16.4. The Morgan fingerprint density at radius 1 is 0.958 bits per heavy atom. The molecule has 6 nitrogen and oxygen atoms in total. The number of aliphatic hydroxyl groups excluding tert-OH is 3. The molecule has 0 spiro atoms.